The van der Waals surface area contributed by atoms with Crippen LogP contribution < -0.4 is 0 Å². The molecule has 0 aromatic rings. The zero-order valence-electron chi connectivity index (χ0n) is 18.1. The van der Waals surface area contributed by atoms with Crippen LogP contribution in [0.5, 0.6) is 0 Å². The van der Waals surface area contributed by atoms with Crippen molar-refractivity contribution >= 4 is 0 Å². The molecule has 0 bridgehead atoms. The summed E-state index contributed by atoms with van der Waals surface area (Å²) in [6.07, 6.45) is 4.26. The highest BCUT2D eigenvalue weighted by atomic mass is 16.5. The summed E-state index contributed by atoms with van der Waals surface area (Å²) in [7, 11) is 0. The Balaban J connectivity index is -0.000000333. The van der Waals surface area contributed by atoms with Crippen molar-refractivity contribution in [2.75, 3.05) is 0 Å². The summed E-state index contributed by atoms with van der Waals surface area (Å²) >= 11 is 0. The first-order valence-electron chi connectivity index (χ1n) is 9.06. The monoisotopic (exact) mass is 334 g/mol. The minimum absolute atomic E-state index is 0. The van der Waals surface area contributed by atoms with Gasteiger partial charge in [0.25, 0.3) is 0 Å². The van der Waals surface area contributed by atoms with Crippen molar-refractivity contribution < 1.29 is 14.9 Å². The molecule has 144 valence electrons. The third-order valence-corrected chi connectivity index (χ3v) is 4.51. The van der Waals surface area contributed by atoms with Gasteiger partial charge in [-0.3, -0.25) is 0 Å². The van der Waals surface area contributed by atoms with Crippen LogP contribution in [0, 0.1) is 0 Å². The first-order valence-corrected chi connectivity index (χ1v) is 9.06. The highest BCUT2D eigenvalue weighted by Gasteiger charge is 2.26. The van der Waals surface area contributed by atoms with E-state index in [1.165, 1.54) is 0 Å². The maximum atomic E-state index is 5.92. The Morgan fingerprint density at radius 2 is 0.565 bits per heavy atom. The predicted molar refractivity (Wildman–Crippen MR) is 103 cm³/mol. The Kier molecular flexibility index (Phi) is 12.9. The van der Waals surface area contributed by atoms with E-state index in [1.54, 1.807) is 0 Å². The summed E-state index contributed by atoms with van der Waals surface area (Å²) in [5.74, 6) is 0. The van der Waals surface area contributed by atoms with Crippen molar-refractivity contribution in [3.8, 4) is 0 Å². The van der Waals surface area contributed by atoms with Crippen LogP contribution >= 0.6 is 0 Å². The van der Waals surface area contributed by atoms with Crippen molar-refractivity contribution in [3.05, 3.63) is 0 Å². The molecular formula is C20H46O3. The Morgan fingerprint density at radius 3 is 0.652 bits per heavy atom. The van der Waals surface area contributed by atoms with E-state index in [0.29, 0.717) is 0 Å². The molecule has 0 saturated carbocycles. The third kappa shape index (κ3) is 15.2. The van der Waals surface area contributed by atoms with Crippen molar-refractivity contribution in [2.24, 2.45) is 0 Å². The van der Waals surface area contributed by atoms with Crippen LogP contribution in [0.1, 0.15) is 109 Å². The number of hydrogen-bond acceptors (Lipinski definition) is 2. The molecule has 0 heterocycles. The quantitative estimate of drug-likeness (QED) is 0.552. The first-order chi connectivity index (χ1) is 9.66. The van der Waals surface area contributed by atoms with Crippen molar-refractivity contribution in [3.63, 3.8) is 0 Å². The summed E-state index contributed by atoms with van der Waals surface area (Å²) in [5, 5.41) is 0. The standard InChI is InChI=1S/2C10H22O.H2O/c2*1-7-9(3,4)11-10(5,6)8-2;/h2*7-8H2,1-6H3;1H2. The van der Waals surface area contributed by atoms with Gasteiger partial charge < -0.3 is 14.9 Å². The highest BCUT2D eigenvalue weighted by molar-refractivity contribution is 4.75. The molecule has 3 nitrogen and oxygen atoms in total. The van der Waals surface area contributed by atoms with Gasteiger partial charge in [0.15, 0.2) is 0 Å². The number of ether oxygens (including phenoxy) is 2. The molecule has 0 spiro atoms. The van der Waals surface area contributed by atoms with E-state index in [4.69, 9.17) is 9.47 Å². The zero-order valence-corrected chi connectivity index (χ0v) is 18.1. The lowest BCUT2D eigenvalue weighted by Crippen LogP contribution is -2.35. The molecule has 0 aliphatic heterocycles. The van der Waals surface area contributed by atoms with Gasteiger partial charge in [0.2, 0.25) is 0 Å². The van der Waals surface area contributed by atoms with Crippen LogP contribution in [-0.4, -0.2) is 27.9 Å². The Labute approximate surface area is 146 Å². The molecule has 0 aliphatic carbocycles. The van der Waals surface area contributed by atoms with Gasteiger partial charge in [-0.1, -0.05) is 27.7 Å². The Morgan fingerprint density at radius 1 is 0.435 bits per heavy atom. The molecule has 0 aliphatic rings. The van der Waals surface area contributed by atoms with E-state index in [0.717, 1.165) is 25.7 Å². The van der Waals surface area contributed by atoms with Gasteiger partial charge in [0.1, 0.15) is 0 Å². The molecule has 3 heteroatoms. The smallest absolute Gasteiger partial charge is 0.0631 e. The van der Waals surface area contributed by atoms with Crippen molar-refractivity contribution in [1.29, 1.82) is 0 Å². The van der Waals surface area contributed by atoms with E-state index in [2.05, 4.69) is 83.1 Å². The van der Waals surface area contributed by atoms with Crippen LogP contribution in [0.2, 0.25) is 0 Å². The molecule has 0 fully saturated rings. The lowest BCUT2D eigenvalue weighted by molar-refractivity contribution is -0.125. The highest BCUT2D eigenvalue weighted by Crippen LogP contribution is 2.25. The molecule has 0 radical (unpaired) electrons. The molecule has 0 rings (SSSR count). The van der Waals surface area contributed by atoms with Crippen LogP contribution in [0.25, 0.3) is 0 Å². The second-order valence-electron chi connectivity index (χ2n) is 8.66. The number of rotatable bonds is 8. The lowest BCUT2D eigenvalue weighted by atomic mass is 10.0. The normalized spacial score (nSPS) is 13.0. The first kappa shape index (κ1) is 27.7. The molecular weight excluding hydrogens is 288 g/mol. The second-order valence-corrected chi connectivity index (χ2v) is 8.66. The van der Waals surface area contributed by atoms with Crippen molar-refractivity contribution in [2.45, 2.75) is 131 Å². The van der Waals surface area contributed by atoms with Gasteiger partial charge in [0.05, 0.1) is 22.4 Å². The van der Waals surface area contributed by atoms with E-state index in [-0.39, 0.29) is 27.9 Å². The Hall–Kier alpha value is -0.120. The van der Waals surface area contributed by atoms with Crippen LogP contribution in [-0.2, 0) is 9.47 Å². The molecule has 23 heavy (non-hydrogen) atoms. The maximum absolute atomic E-state index is 5.92. The molecule has 0 atom stereocenters. The topological polar surface area (TPSA) is 50.0 Å². The van der Waals surface area contributed by atoms with E-state index < -0.39 is 0 Å². The van der Waals surface area contributed by atoms with Gasteiger partial charge in [-0.15, -0.1) is 0 Å². The molecule has 0 aromatic carbocycles. The van der Waals surface area contributed by atoms with Crippen molar-refractivity contribution in [1.82, 2.24) is 0 Å². The lowest BCUT2D eigenvalue weighted by Gasteiger charge is -2.34. The number of hydrogen-bond donors (Lipinski definition) is 0. The average molecular weight is 335 g/mol. The minimum atomic E-state index is 0. The zero-order chi connectivity index (χ0) is 18.2. The summed E-state index contributed by atoms with van der Waals surface area (Å²) in [6.45, 7) is 25.8. The van der Waals surface area contributed by atoms with E-state index in [1.807, 2.05) is 0 Å². The van der Waals surface area contributed by atoms with E-state index >= 15 is 0 Å². The third-order valence-electron chi connectivity index (χ3n) is 4.51. The SMILES string of the molecule is CCC(C)(C)OC(C)(C)CC.CCC(C)(C)OC(C)(C)CC.O. The summed E-state index contributed by atoms with van der Waals surface area (Å²) in [6, 6.07) is 0. The van der Waals surface area contributed by atoms with Crippen LogP contribution in [0.15, 0.2) is 0 Å². The van der Waals surface area contributed by atoms with Gasteiger partial charge in [-0.25, -0.2) is 0 Å². The summed E-state index contributed by atoms with van der Waals surface area (Å²) < 4.78 is 11.8. The van der Waals surface area contributed by atoms with Gasteiger partial charge in [-0.2, -0.15) is 0 Å². The molecule has 0 unspecified atom stereocenters. The van der Waals surface area contributed by atoms with Crippen LogP contribution in [0.3, 0.4) is 0 Å². The van der Waals surface area contributed by atoms with Crippen LogP contribution in [0.4, 0.5) is 0 Å². The molecule has 0 aromatic heterocycles. The average Bonchev–Trinajstić information content (AvgIpc) is 2.37. The Bertz CT molecular complexity index is 233. The van der Waals surface area contributed by atoms with Gasteiger partial charge in [-0.05, 0) is 81.1 Å². The minimum Gasteiger partial charge on any atom is -0.412 e. The molecule has 2 N–H and O–H groups in total. The summed E-state index contributed by atoms with van der Waals surface area (Å²) in [5.41, 5.74) is 0.109. The largest absolute Gasteiger partial charge is 0.412 e. The predicted octanol–water partition coefficient (Wildman–Crippen LogP) is 5.94. The molecule has 0 amide bonds. The fraction of sp³-hybridized carbons (Fsp3) is 1.00. The van der Waals surface area contributed by atoms with E-state index in [9.17, 15) is 0 Å². The maximum Gasteiger partial charge on any atom is 0.0631 e. The fourth-order valence-electron chi connectivity index (χ4n) is 1.78. The fourth-order valence-corrected chi connectivity index (χ4v) is 1.78. The summed E-state index contributed by atoms with van der Waals surface area (Å²) in [4.78, 5) is 0. The molecule has 0 saturated heterocycles. The van der Waals surface area contributed by atoms with Gasteiger partial charge >= 0.3 is 0 Å². The second kappa shape index (κ2) is 10.7. The van der Waals surface area contributed by atoms with Gasteiger partial charge in [0, 0.05) is 0 Å².